The Labute approximate surface area is 203 Å². The van der Waals surface area contributed by atoms with Gasteiger partial charge in [0.15, 0.2) is 8.32 Å². The summed E-state index contributed by atoms with van der Waals surface area (Å²) in [5, 5.41) is 0.250. The van der Waals surface area contributed by atoms with Crippen LogP contribution in [0.2, 0.25) is 23.4 Å². The molecule has 1 aliphatic heterocycles. The lowest BCUT2D eigenvalue weighted by molar-refractivity contribution is 0.0574. The van der Waals surface area contributed by atoms with Crippen molar-refractivity contribution in [1.29, 1.82) is 0 Å². The van der Waals surface area contributed by atoms with Crippen LogP contribution in [-0.4, -0.2) is 48.1 Å². The molecule has 0 radical (unpaired) electrons. The first-order chi connectivity index (χ1) is 15.0. The van der Waals surface area contributed by atoms with Crippen molar-refractivity contribution in [2.24, 2.45) is 0 Å². The van der Waals surface area contributed by atoms with Gasteiger partial charge in [-0.25, -0.2) is 19.7 Å². The van der Waals surface area contributed by atoms with Crippen molar-refractivity contribution >= 4 is 31.8 Å². The van der Waals surface area contributed by atoms with E-state index >= 15 is 0 Å². The minimum absolute atomic E-state index is 0.0768. The average Bonchev–Trinajstić information content (AvgIpc) is 2.97. The molecule has 1 atom stereocenters. The van der Waals surface area contributed by atoms with Crippen molar-refractivity contribution in [3.63, 3.8) is 0 Å². The van der Waals surface area contributed by atoms with Gasteiger partial charge in [0, 0.05) is 42.1 Å². The molecule has 1 amide bonds. The molecule has 0 saturated carbocycles. The van der Waals surface area contributed by atoms with E-state index in [0.717, 1.165) is 11.1 Å². The number of anilines is 1. The molecular weight excluding hydrogens is 456 g/mol. The van der Waals surface area contributed by atoms with E-state index < -0.39 is 25.4 Å². The molecule has 0 saturated heterocycles. The van der Waals surface area contributed by atoms with Gasteiger partial charge in [0.1, 0.15) is 11.4 Å². The lowest BCUT2D eigenvalue weighted by atomic mass is 9.85. The standard InChI is InChI=1S/C24H35ClN4O3Si/c1-22(2,3)32-21(30)29-14-24(7,15-31-33(8,9)23(4,5)6)17-12-16(13-27-19(17)29)18-10-11-26-20(25)28-18/h10-13H,14-15H2,1-9H3. The largest absolute Gasteiger partial charge is 0.443 e. The molecular formula is C24H35ClN4O3Si. The Kier molecular flexibility index (Phi) is 6.69. The van der Waals surface area contributed by atoms with Gasteiger partial charge in [-0.3, -0.25) is 4.90 Å². The third kappa shape index (κ3) is 5.55. The van der Waals surface area contributed by atoms with E-state index in [-0.39, 0.29) is 10.3 Å². The van der Waals surface area contributed by atoms with Gasteiger partial charge >= 0.3 is 6.09 Å². The first-order valence-corrected chi connectivity index (χ1v) is 14.4. The zero-order chi connectivity index (χ0) is 24.8. The molecule has 0 bridgehead atoms. The smallest absolute Gasteiger partial charge is 0.416 e. The van der Waals surface area contributed by atoms with E-state index in [0.29, 0.717) is 24.7 Å². The topological polar surface area (TPSA) is 77.4 Å². The van der Waals surface area contributed by atoms with Crippen LogP contribution < -0.4 is 4.90 Å². The van der Waals surface area contributed by atoms with Crippen LogP contribution in [0.25, 0.3) is 11.3 Å². The fraction of sp³-hybridized carbons (Fsp3) is 0.583. The van der Waals surface area contributed by atoms with E-state index in [1.165, 1.54) is 0 Å². The van der Waals surface area contributed by atoms with Crippen molar-refractivity contribution in [3.8, 4) is 11.3 Å². The molecule has 1 aliphatic rings. The summed E-state index contributed by atoms with van der Waals surface area (Å²) in [7, 11) is -2.01. The maximum Gasteiger partial charge on any atom is 0.416 e. The van der Waals surface area contributed by atoms with Gasteiger partial charge in [0.2, 0.25) is 5.28 Å². The fourth-order valence-corrected chi connectivity index (χ4v) is 4.67. The highest BCUT2D eigenvalue weighted by atomic mass is 35.5. The minimum Gasteiger partial charge on any atom is -0.443 e. The van der Waals surface area contributed by atoms with Crippen LogP contribution >= 0.6 is 11.6 Å². The lowest BCUT2D eigenvalue weighted by Crippen LogP contribution is -2.46. The highest BCUT2D eigenvalue weighted by Gasteiger charge is 2.47. The number of carbonyl (C=O) groups excluding carboxylic acids is 1. The number of carbonyl (C=O) groups is 1. The number of nitrogens with zero attached hydrogens (tertiary/aromatic N) is 4. The zero-order valence-electron chi connectivity index (χ0n) is 21.1. The summed E-state index contributed by atoms with van der Waals surface area (Å²) in [4.78, 5) is 27.6. The Hall–Kier alpha value is -2.03. The molecule has 0 aliphatic carbocycles. The summed E-state index contributed by atoms with van der Waals surface area (Å²) < 4.78 is 12.3. The predicted molar refractivity (Wildman–Crippen MR) is 134 cm³/mol. The number of pyridine rings is 1. The van der Waals surface area contributed by atoms with Gasteiger partial charge in [0.25, 0.3) is 0 Å². The molecule has 2 aromatic rings. The molecule has 0 N–H and O–H groups in total. The van der Waals surface area contributed by atoms with Gasteiger partial charge < -0.3 is 9.16 Å². The Bertz CT molecular complexity index is 1050. The summed E-state index contributed by atoms with van der Waals surface area (Å²) in [6, 6.07) is 3.82. The lowest BCUT2D eigenvalue weighted by Gasteiger charge is -2.39. The van der Waals surface area contributed by atoms with Crippen LogP contribution in [0.5, 0.6) is 0 Å². The number of ether oxygens (including phenoxy) is 1. The summed E-state index contributed by atoms with van der Waals surface area (Å²) in [6.07, 6.45) is 2.91. The van der Waals surface area contributed by atoms with Crippen molar-refractivity contribution in [1.82, 2.24) is 15.0 Å². The Morgan fingerprint density at radius 3 is 2.45 bits per heavy atom. The van der Waals surface area contributed by atoms with E-state index in [9.17, 15) is 4.79 Å². The van der Waals surface area contributed by atoms with Gasteiger partial charge in [-0.1, -0.05) is 27.7 Å². The molecule has 180 valence electrons. The SMILES string of the molecule is CC(C)(C)OC(=O)N1CC(C)(CO[Si](C)(C)C(C)(C)C)c2cc(-c3ccnc(Cl)n3)cnc21. The highest BCUT2D eigenvalue weighted by molar-refractivity contribution is 6.74. The zero-order valence-corrected chi connectivity index (χ0v) is 22.9. The second kappa shape index (κ2) is 8.63. The van der Waals surface area contributed by atoms with Crippen LogP contribution in [0, 0.1) is 0 Å². The molecule has 9 heteroatoms. The van der Waals surface area contributed by atoms with Gasteiger partial charge in [-0.05, 0) is 62.6 Å². The molecule has 2 aromatic heterocycles. The second-order valence-electron chi connectivity index (χ2n) is 11.5. The molecule has 3 rings (SSSR count). The van der Waals surface area contributed by atoms with Gasteiger partial charge in [-0.15, -0.1) is 0 Å². The van der Waals surface area contributed by atoms with Crippen LogP contribution in [0.3, 0.4) is 0 Å². The first-order valence-electron chi connectivity index (χ1n) is 11.2. The molecule has 0 fully saturated rings. The summed E-state index contributed by atoms with van der Waals surface area (Å²) in [5.74, 6) is 0.592. The van der Waals surface area contributed by atoms with E-state index in [4.69, 9.17) is 20.8 Å². The normalized spacial score (nSPS) is 18.9. The van der Waals surface area contributed by atoms with Gasteiger partial charge in [0.05, 0.1) is 5.69 Å². The number of halogens is 1. The Balaban J connectivity index is 2.03. The van der Waals surface area contributed by atoms with Crippen molar-refractivity contribution in [2.75, 3.05) is 18.1 Å². The number of fused-ring (bicyclic) bond motifs is 1. The average molecular weight is 491 g/mol. The maximum atomic E-state index is 13.1. The first kappa shape index (κ1) is 25.6. The molecule has 3 heterocycles. The fourth-order valence-electron chi connectivity index (χ4n) is 3.41. The van der Waals surface area contributed by atoms with Crippen LogP contribution in [0.15, 0.2) is 24.5 Å². The minimum atomic E-state index is -2.01. The number of aromatic nitrogens is 3. The third-order valence-corrected chi connectivity index (χ3v) is 11.0. The second-order valence-corrected chi connectivity index (χ2v) is 16.6. The molecule has 0 spiro atoms. The van der Waals surface area contributed by atoms with E-state index in [1.54, 1.807) is 23.4 Å². The van der Waals surface area contributed by atoms with E-state index in [1.807, 2.05) is 26.8 Å². The van der Waals surface area contributed by atoms with Crippen LogP contribution in [-0.2, 0) is 14.6 Å². The summed E-state index contributed by atoms with van der Waals surface area (Å²) in [6.45, 7) is 19.7. The number of hydrogen-bond acceptors (Lipinski definition) is 6. The van der Waals surface area contributed by atoms with Crippen molar-refractivity contribution in [3.05, 3.63) is 35.4 Å². The maximum absolute atomic E-state index is 13.1. The van der Waals surface area contributed by atoms with Crippen molar-refractivity contribution < 1.29 is 14.0 Å². The van der Waals surface area contributed by atoms with E-state index in [2.05, 4.69) is 55.7 Å². The van der Waals surface area contributed by atoms with Crippen molar-refractivity contribution in [2.45, 2.75) is 77.6 Å². The predicted octanol–water partition coefficient (Wildman–Crippen LogP) is 6.23. The number of amides is 1. The molecule has 33 heavy (non-hydrogen) atoms. The summed E-state index contributed by atoms with van der Waals surface area (Å²) >= 11 is 6.01. The van der Waals surface area contributed by atoms with Crippen LogP contribution in [0.4, 0.5) is 10.6 Å². The highest BCUT2D eigenvalue weighted by Crippen LogP contribution is 2.44. The summed E-state index contributed by atoms with van der Waals surface area (Å²) in [5.41, 5.74) is 1.35. The van der Waals surface area contributed by atoms with Crippen LogP contribution in [0.1, 0.15) is 54.0 Å². The third-order valence-electron chi connectivity index (χ3n) is 6.37. The van der Waals surface area contributed by atoms with Gasteiger partial charge in [-0.2, -0.15) is 0 Å². The molecule has 1 unspecified atom stereocenters. The number of hydrogen-bond donors (Lipinski definition) is 0. The quantitative estimate of drug-likeness (QED) is 0.373. The molecule has 7 nitrogen and oxygen atoms in total. The number of rotatable bonds is 4. The Morgan fingerprint density at radius 1 is 1.21 bits per heavy atom. The molecule has 0 aromatic carbocycles. The monoisotopic (exact) mass is 490 g/mol. The Morgan fingerprint density at radius 2 is 1.88 bits per heavy atom.